The molecular weight excluding hydrogens is 186 g/mol. The minimum atomic E-state index is 0. The molecule has 0 spiro atoms. The van der Waals surface area contributed by atoms with Crippen LogP contribution in [0.3, 0.4) is 0 Å². The standard InChI is InChI=1S/C9H13N3.ClH/c10-6-7-2-1-5-11-9(7)12-8-3-4-8;/h1-2,5,8H,3-4,6,10H2,(H,11,12);1H. The van der Waals surface area contributed by atoms with Gasteiger partial charge in [0.25, 0.3) is 0 Å². The van der Waals surface area contributed by atoms with Gasteiger partial charge in [0.15, 0.2) is 0 Å². The van der Waals surface area contributed by atoms with Gasteiger partial charge in [-0.3, -0.25) is 0 Å². The van der Waals surface area contributed by atoms with E-state index in [0.29, 0.717) is 12.6 Å². The first-order valence-corrected chi connectivity index (χ1v) is 4.30. The lowest BCUT2D eigenvalue weighted by atomic mass is 10.2. The molecule has 1 fully saturated rings. The molecule has 0 bridgehead atoms. The predicted molar refractivity (Wildman–Crippen MR) is 56.0 cm³/mol. The number of nitrogens with one attached hydrogen (secondary N) is 1. The normalized spacial score (nSPS) is 14.8. The van der Waals surface area contributed by atoms with Gasteiger partial charge in [0.05, 0.1) is 0 Å². The molecule has 13 heavy (non-hydrogen) atoms. The van der Waals surface area contributed by atoms with Crippen LogP contribution in [0.1, 0.15) is 18.4 Å². The molecule has 3 nitrogen and oxygen atoms in total. The zero-order valence-corrected chi connectivity index (χ0v) is 8.18. The third-order valence-electron chi connectivity index (χ3n) is 2.03. The average molecular weight is 200 g/mol. The fourth-order valence-corrected chi connectivity index (χ4v) is 1.15. The molecule has 0 aromatic carbocycles. The molecule has 1 aromatic heterocycles. The Kier molecular flexibility index (Phi) is 3.51. The molecule has 0 amide bonds. The van der Waals surface area contributed by atoms with Gasteiger partial charge in [0, 0.05) is 24.3 Å². The Morgan fingerprint density at radius 1 is 1.54 bits per heavy atom. The molecule has 0 radical (unpaired) electrons. The summed E-state index contributed by atoms with van der Waals surface area (Å²) in [7, 11) is 0. The molecule has 1 saturated carbocycles. The second kappa shape index (κ2) is 4.44. The van der Waals surface area contributed by atoms with E-state index in [9.17, 15) is 0 Å². The maximum Gasteiger partial charge on any atom is 0.130 e. The largest absolute Gasteiger partial charge is 0.367 e. The highest BCUT2D eigenvalue weighted by Gasteiger charge is 2.21. The number of anilines is 1. The fraction of sp³-hybridized carbons (Fsp3) is 0.444. The van der Waals surface area contributed by atoms with Crippen molar-refractivity contribution in [1.82, 2.24) is 4.98 Å². The van der Waals surface area contributed by atoms with E-state index in [-0.39, 0.29) is 12.4 Å². The summed E-state index contributed by atoms with van der Waals surface area (Å²) in [6, 6.07) is 4.57. The Morgan fingerprint density at radius 3 is 2.92 bits per heavy atom. The molecular formula is C9H14ClN3. The molecule has 1 heterocycles. The second-order valence-corrected chi connectivity index (χ2v) is 3.13. The lowest BCUT2D eigenvalue weighted by Crippen LogP contribution is -2.08. The summed E-state index contributed by atoms with van der Waals surface area (Å²) >= 11 is 0. The van der Waals surface area contributed by atoms with Crippen LogP contribution in [0.25, 0.3) is 0 Å². The first kappa shape index (κ1) is 10.3. The number of halogens is 1. The van der Waals surface area contributed by atoms with Crippen LogP contribution in [0.4, 0.5) is 5.82 Å². The Labute approximate surface area is 84.1 Å². The van der Waals surface area contributed by atoms with E-state index in [0.717, 1.165) is 11.4 Å². The predicted octanol–water partition coefficient (Wildman–Crippen LogP) is 1.54. The molecule has 0 saturated heterocycles. The number of aromatic nitrogens is 1. The van der Waals surface area contributed by atoms with Gasteiger partial charge in [0.1, 0.15) is 5.82 Å². The number of nitrogens with zero attached hydrogens (tertiary/aromatic N) is 1. The quantitative estimate of drug-likeness (QED) is 0.777. The summed E-state index contributed by atoms with van der Waals surface area (Å²) in [6.07, 6.45) is 4.32. The van der Waals surface area contributed by atoms with Crippen molar-refractivity contribution in [3.8, 4) is 0 Å². The summed E-state index contributed by atoms with van der Waals surface area (Å²) in [4.78, 5) is 4.24. The van der Waals surface area contributed by atoms with Gasteiger partial charge in [-0.2, -0.15) is 0 Å². The molecule has 0 unspecified atom stereocenters. The third kappa shape index (κ3) is 2.57. The van der Waals surface area contributed by atoms with Gasteiger partial charge in [-0.1, -0.05) is 6.07 Å². The number of rotatable bonds is 3. The van der Waals surface area contributed by atoms with E-state index >= 15 is 0 Å². The maximum atomic E-state index is 5.57. The first-order chi connectivity index (χ1) is 5.90. The van der Waals surface area contributed by atoms with E-state index in [1.807, 2.05) is 12.1 Å². The summed E-state index contributed by atoms with van der Waals surface area (Å²) in [5.41, 5.74) is 6.67. The Balaban J connectivity index is 0.000000845. The number of nitrogens with two attached hydrogens (primary N) is 1. The summed E-state index contributed by atoms with van der Waals surface area (Å²) in [5.74, 6) is 0.961. The van der Waals surface area contributed by atoms with Gasteiger partial charge in [-0.15, -0.1) is 12.4 Å². The lowest BCUT2D eigenvalue weighted by molar-refractivity contribution is 1.02. The topological polar surface area (TPSA) is 50.9 Å². The average Bonchev–Trinajstić information content (AvgIpc) is 2.89. The highest BCUT2D eigenvalue weighted by Crippen LogP contribution is 2.24. The van der Waals surface area contributed by atoms with E-state index < -0.39 is 0 Å². The zero-order valence-electron chi connectivity index (χ0n) is 7.36. The van der Waals surface area contributed by atoms with Crippen LogP contribution in [0.2, 0.25) is 0 Å². The van der Waals surface area contributed by atoms with Crippen molar-refractivity contribution in [1.29, 1.82) is 0 Å². The van der Waals surface area contributed by atoms with Crippen molar-refractivity contribution < 1.29 is 0 Å². The highest BCUT2D eigenvalue weighted by atomic mass is 35.5. The van der Waals surface area contributed by atoms with E-state index in [1.165, 1.54) is 12.8 Å². The minimum Gasteiger partial charge on any atom is -0.367 e. The molecule has 3 N–H and O–H groups in total. The second-order valence-electron chi connectivity index (χ2n) is 3.13. The van der Waals surface area contributed by atoms with Crippen molar-refractivity contribution >= 4 is 18.2 Å². The van der Waals surface area contributed by atoms with Crippen LogP contribution in [-0.4, -0.2) is 11.0 Å². The number of hydrogen-bond acceptors (Lipinski definition) is 3. The van der Waals surface area contributed by atoms with Gasteiger partial charge >= 0.3 is 0 Å². The molecule has 72 valence electrons. The number of hydrogen-bond donors (Lipinski definition) is 2. The first-order valence-electron chi connectivity index (χ1n) is 4.30. The van der Waals surface area contributed by atoms with Crippen LogP contribution >= 0.6 is 12.4 Å². The minimum absolute atomic E-state index is 0. The lowest BCUT2D eigenvalue weighted by Gasteiger charge is -2.07. The van der Waals surface area contributed by atoms with Crippen molar-refractivity contribution in [3.63, 3.8) is 0 Å². The highest BCUT2D eigenvalue weighted by molar-refractivity contribution is 5.85. The van der Waals surface area contributed by atoms with Gasteiger partial charge in [-0.05, 0) is 18.9 Å². The zero-order chi connectivity index (χ0) is 8.39. The third-order valence-corrected chi connectivity index (χ3v) is 2.03. The molecule has 1 aliphatic carbocycles. The van der Waals surface area contributed by atoms with E-state index in [4.69, 9.17) is 5.73 Å². The van der Waals surface area contributed by atoms with Crippen molar-refractivity contribution in [3.05, 3.63) is 23.9 Å². The summed E-state index contributed by atoms with van der Waals surface area (Å²) in [5, 5.41) is 3.34. The molecule has 1 aliphatic rings. The van der Waals surface area contributed by atoms with Gasteiger partial charge in [-0.25, -0.2) is 4.98 Å². The van der Waals surface area contributed by atoms with Crippen LogP contribution in [0, 0.1) is 0 Å². The number of pyridine rings is 1. The Morgan fingerprint density at radius 2 is 2.31 bits per heavy atom. The summed E-state index contributed by atoms with van der Waals surface area (Å²) in [6.45, 7) is 0.558. The van der Waals surface area contributed by atoms with Crippen LogP contribution < -0.4 is 11.1 Å². The van der Waals surface area contributed by atoms with Crippen LogP contribution in [-0.2, 0) is 6.54 Å². The van der Waals surface area contributed by atoms with Crippen LogP contribution in [0.5, 0.6) is 0 Å². The smallest absolute Gasteiger partial charge is 0.130 e. The van der Waals surface area contributed by atoms with Crippen molar-refractivity contribution in [2.24, 2.45) is 5.73 Å². The molecule has 1 aromatic rings. The fourth-order valence-electron chi connectivity index (χ4n) is 1.15. The molecule has 4 heteroatoms. The molecule has 0 aliphatic heterocycles. The Hall–Kier alpha value is -0.800. The summed E-state index contributed by atoms with van der Waals surface area (Å²) < 4.78 is 0. The van der Waals surface area contributed by atoms with Crippen molar-refractivity contribution in [2.45, 2.75) is 25.4 Å². The van der Waals surface area contributed by atoms with E-state index in [1.54, 1.807) is 6.20 Å². The maximum absolute atomic E-state index is 5.57. The molecule has 0 atom stereocenters. The Bertz CT molecular complexity index is 273. The molecule has 2 rings (SSSR count). The monoisotopic (exact) mass is 199 g/mol. The SMILES string of the molecule is Cl.NCc1cccnc1NC1CC1. The van der Waals surface area contributed by atoms with Crippen molar-refractivity contribution in [2.75, 3.05) is 5.32 Å². The van der Waals surface area contributed by atoms with Gasteiger partial charge < -0.3 is 11.1 Å². The van der Waals surface area contributed by atoms with Crippen LogP contribution in [0.15, 0.2) is 18.3 Å². The van der Waals surface area contributed by atoms with Gasteiger partial charge in [0.2, 0.25) is 0 Å². The van der Waals surface area contributed by atoms with E-state index in [2.05, 4.69) is 10.3 Å².